The molecule has 8 heteroatoms. The maximum atomic E-state index is 12.6. The van der Waals surface area contributed by atoms with Crippen LogP contribution in [0.2, 0.25) is 0 Å². The minimum atomic E-state index is -0.548. The van der Waals surface area contributed by atoms with E-state index in [9.17, 15) is 9.59 Å². The van der Waals surface area contributed by atoms with Crippen molar-refractivity contribution in [3.05, 3.63) is 41.7 Å². The van der Waals surface area contributed by atoms with E-state index in [4.69, 9.17) is 9.26 Å². The number of amides is 2. The normalized spacial score (nSPS) is 15.9. The van der Waals surface area contributed by atoms with Gasteiger partial charge in [-0.05, 0) is 32.9 Å². The molecule has 0 saturated carbocycles. The summed E-state index contributed by atoms with van der Waals surface area (Å²) < 4.78 is 10.7. The van der Waals surface area contributed by atoms with E-state index in [0.717, 1.165) is 5.56 Å². The molecule has 0 bridgehead atoms. The van der Waals surface area contributed by atoms with Gasteiger partial charge in [0.25, 0.3) is 5.91 Å². The van der Waals surface area contributed by atoms with Crippen LogP contribution in [0.5, 0.6) is 5.75 Å². The third-order valence-corrected chi connectivity index (χ3v) is 4.63. The molecule has 1 atom stereocenters. The molecule has 8 nitrogen and oxygen atoms in total. The van der Waals surface area contributed by atoms with Crippen LogP contribution in [0, 0.1) is 13.8 Å². The van der Waals surface area contributed by atoms with Crippen LogP contribution in [0.4, 0.5) is 5.82 Å². The number of ether oxygens (including phenoxy) is 1. The van der Waals surface area contributed by atoms with Crippen LogP contribution >= 0.6 is 0 Å². The molecule has 1 fully saturated rings. The number of nitrogens with zero attached hydrogens (tertiary/aromatic N) is 3. The average Bonchev–Trinajstić information content (AvgIpc) is 3.08. The molecule has 0 aliphatic carbocycles. The summed E-state index contributed by atoms with van der Waals surface area (Å²) in [5, 5.41) is 6.46. The number of carbonyl (C=O) groups is 2. The van der Waals surface area contributed by atoms with Crippen LogP contribution < -0.4 is 10.1 Å². The van der Waals surface area contributed by atoms with Gasteiger partial charge in [-0.25, -0.2) is 0 Å². The molecule has 2 heterocycles. The van der Waals surface area contributed by atoms with Gasteiger partial charge in [-0.3, -0.25) is 14.5 Å². The zero-order chi connectivity index (χ0) is 20.1. The smallest absolute Gasteiger partial charge is 0.263 e. The third kappa shape index (κ3) is 5.32. The first kappa shape index (κ1) is 19.9. The summed E-state index contributed by atoms with van der Waals surface area (Å²) in [6, 6.07) is 9.31. The second-order valence-electron chi connectivity index (χ2n) is 7.05. The van der Waals surface area contributed by atoms with E-state index in [1.54, 1.807) is 24.8 Å². The second-order valence-corrected chi connectivity index (χ2v) is 7.05. The average molecular weight is 386 g/mol. The van der Waals surface area contributed by atoms with Crippen molar-refractivity contribution in [3.63, 3.8) is 0 Å². The van der Waals surface area contributed by atoms with Crippen molar-refractivity contribution < 1.29 is 18.8 Å². The standard InChI is InChI=1S/C20H26N4O4/c1-14-4-6-17(7-5-14)27-16(3)20(26)24-10-8-23(9-11-24)13-19(25)21-18-12-15(2)28-22-18/h4-7,12,16H,8-11,13H2,1-3H3,(H,21,22,25)/t16-/m1/s1. The summed E-state index contributed by atoms with van der Waals surface area (Å²) in [6.45, 7) is 8.19. The van der Waals surface area contributed by atoms with Crippen molar-refractivity contribution in [2.24, 2.45) is 0 Å². The summed E-state index contributed by atoms with van der Waals surface area (Å²) in [7, 11) is 0. The lowest BCUT2D eigenvalue weighted by molar-refractivity contribution is -0.139. The van der Waals surface area contributed by atoms with Crippen molar-refractivity contribution in [3.8, 4) is 5.75 Å². The van der Waals surface area contributed by atoms with Crippen molar-refractivity contribution in [2.45, 2.75) is 26.9 Å². The zero-order valence-corrected chi connectivity index (χ0v) is 16.5. The fourth-order valence-corrected chi connectivity index (χ4v) is 3.07. The number of benzene rings is 1. The predicted molar refractivity (Wildman–Crippen MR) is 104 cm³/mol. The van der Waals surface area contributed by atoms with Crippen LogP contribution in [0.1, 0.15) is 18.2 Å². The lowest BCUT2D eigenvalue weighted by atomic mass is 10.2. The van der Waals surface area contributed by atoms with Crippen molar-refractivity contribution >= 4 is 17.6 Å². The fraction of sp³-hybridized carbons (Fsp3) is 0.450. The molecule has 1 aromatic heterocycles. The molecule has 1 aliphatic rings. The van der Waals surface area contributed by atoms with E-state index in [1.165, 1.54) is 0 Å². The largest absolute Gasteiger partial charge is 0.481 e. The van der Waals surface area contributed by atoms with Crippen LogP contribution in [0.3, 0.4) is 0 Å². The minimum absolute atomic E-state index is 0.0391. The van der Waals surface area contributed by atoms with Gasteiger partial charge in [-0.2, -0.15) is 0 Å². The highest BCUT2D eigenvalue weighted by Gasteiger charge is 2.26. The SMILES string of the molecule is Cc1ccc(O[C@H](C)C(=O)N2CCN(CC(=O)Nc3cc(C)on3)CC2)cc1. The molecule has 0 spiro atoms. The summed E-state index contributed by atoms with van der Waals surface area (Å²) in [6.07, 6.45) is -0.548. The van der Waals surface area contributed by atoms with E-state index >= 15 is 0 Å². The van der Waals surface area contributed by atoms with Gasteiger partial charge in [0, 0.05) is 32.2 Å². The number of piperazine rings is 1. The summed E-state index contributed by atoms with van der Waals surface area (Å²) in [5.41, 5.74) is 1.14. The van der Waals surface area contributed by atoms with Gasteiger partial charge in [0.1, 0.15) is 11.5 Å². The Labute approximate surface area is 164 Å². The lowest BCUT2D eigenvalue weighted by Crippen LogP contribution is -2.53. The molecule has 1 N–H and O–H groups in total. The molecular formula is C20H26N4O4. The Morgan fingerprint density at radius 3 is 2.46 bits per heavy atom. The van der Waals surface area contributed by atoms with E-state index in [1.807, 2.05) is 36.1 Å². The first-order valence-corrected chi connectivity index (χ1v) is 9.38. The van der Waals surface area contributed by atoms with E-state index in [2.05, 4.69) is 10.5 Å². The molecule has 0 unspecified atom stereocenters. The number of rotatable bonds is 6. The maximum absolute atomic E-state index is 12.6. The predicted octanol–water partition coefficient (Wildman–Crippen LogP) is 1.84. The molecule has 28 heavy (non-hydrogen) atoms. The van der Waals surface area contributed by atoms with Crippen LogP contribution in [-0.2, 0) is 9.59 Å². The van der Waals surface area contributed by atoms with E-state index < -0.39 is 6.10 Å². The third-order valence-electron chi connectivity index (χ3n) is 4.63. The van der Waals surface area contributed by atoms with E-state index in [0.29, 0.717) is 43.5 Å². The Hall–Kier alpha value is -2.87. The van der Waals surface area contributed by atoms with Crippen LogP contribution in [0.15, 0.2) is 34.9 Å². The highest BCUT2D eigenvalue weighted by Crippen LogP contribution is 2.15. The number of aromatic nitrogens is 1. The summed E-state index contributed by atoms with van der Waals surface area (Å²) in [5.74, 6) is 1.56. The molecular weight excluding hydrogens is 360 g/mol. The Kier molecular flexibility index (Phi) is 6.30. The van der Waals surface area contributed by atoms with Gasteiger partial charge >= 0.3 is 0 Å². The lowest BCUT2D eigenvalue weighted by Gasteiger charge is -2.35. The van der Waals surface area contributed by atoms with Gasteiger partial charge in [-0.1, -0.05) is 22.9 Å². The summed E-state index contributed by atoms with van der Waals surface area (Å²) >= 11 is 0. The number of hydrogen-bond donors (Lipinski definition) is 1. The quantitative estimate of drug-likeness (QED) is 0.815. The van der Waals surface area contributed by atoms with Gasteiger partial charge in [-0.15, -0.1) is 0 Å². The highest BCUT2D eigenvalue weighted by atomic mass is 16.5. The van der Waals surface area contributed by atoms with Gasteiger partial charge < -0.3 is 19.5 Å². The topological polar surface area (TPSA) is 87.9 Å². The molecule has 1 saturated heterocycles. The van der Waals surface area contributed by atoms with Crippen molar-refractivity contribution in [1.29, 1.82) is 0 Å². The van der Waals surface area contributed by atoms with Gasteiger partial charge in [0.2, 0.25) is 5.91 Å². The van der Waals surface area contributed by atoms with Crippen molar-refractivity contribution in [2.75, 3.05) is 38.0 Å². The van der Waals surface area contributed by atoms with Crippen LogP contribution in [0.25, 0.3) is 0 Å². The van der Waals surface area contributed by atoms with Gasteiger partial charge in [0.15, 0.2) is 11.9 Å². The first-order chi connectivity index (χ1) is 13.4. The number of anilines is 1. The number of hydrogen-bond acceptors (Lipinski definition) is 6. The molecule has 3 rings (SSSR count). The number of nitrogens with one attached hydrogen (secondary N) is 1. The van der Waals surface area contributed by atoms with Gasteiger partial charge in [0.05, 0.1) is 6.54 Å². The molecule has 2 amide bonds. The molecule has 150 valence electrons. The number of carbonyl (C=O) groups excluding carboxylic acids is 2. The minimum Gasteiger partial charge on any atom is -0.481 e. The fourth-order valence-electron chi connectivity index (χ4n) is 3.07. The maximum Gasteiger partial charge on any atom is 0.263 e. The Morgan fingerprint density at radius 2 is 1.86 bits per heavy atom. The molecule has 2 aromatic rings. The highest BCUT2D eigenvalue weighted by molar-refractivity contribution is 5.91. The zero-order valence-electron chi connectivity index (χ0n) is 16.5. The molecule has 0 radical (unpaired) electrons. The Bertz CT molecular complexity index is 810. The Morgan fingerprint density at radius 1 is 1.18 bits per heavy atom. The van der Waals surface area contributed by atoms with Crippen LogP contribution in [-0.4, -0.2) is 65.6 Å². The second kappa shape index (κ2) is 8.88. The molecule has 1 aromatic carbocycles. The first-order valence-electron chi connectivity index (χ1n) is 9.38. The molecule has 1 aliphatic heterocycles. The van der Waals surface area contributed by atoms with Crippen molar-refractivity contribution in [1.82, 2.24) is 15.0 Å². The Balaban J connectivity index is 1.43. The monoisotopic (exact) mass is 386 g/mol. The number of aryl methyl sites for hydroxylation is 2. The van der Waals surface area contributed by atoms with E-state index in [-0.39, 0.29) is 18.4 Å². The summed E-state index contributed by atoms with van der Waals surface area (Å²) in [4.78, 5) is 28.5.